The molecule has 1 aromatic heterocycles. The molecule has 6 heteroatoms. The van der Waals surface area contributed by atoms with Gasteiger partial charge in [-0.3, -0.25) is 4.79 Å². The third kappa shape index (κ3) is 6.04. The van der Waals surface area contributed by atoms with E-state index in [1.165, 1.54) is 31.3 Å². The van der Waals surface area contributed by atoms with Gasteiger partial charge in [-0.25, -0.2) is 9.97 Å². The van der Waals surface area contributed by atoms with Crippen LogP contribution in [0.2, 0.25) is 0 Å². The van der Waals surface area contributed by atoms with E-state index in [1.54, 1.807) is 12.3 Å². The molecule has 0 saturated carbocycles. The van der Waals surface area contributed by atoms with E-state index in [1.807, 2.05) is 24.3 Å². The molecule has 1 aromatic carbocycles. The highest BCUT2D eigenvalue weighted by Crippen LogP contribution is 2.20. The summed E-state index contributed by atoms with van der Waals surface area (Å²) in [6.07, 6.45) is 9.94. The molecule has 154 valence electrons. The summed E-state index contributed by atoms with van der Waals surface area (Å²) in [6, 6.07) is 9.52. The number of nitrogens with one attached hydrogen (secondary N) is 2. The number of anilines is 3. The number of carbonyl (C=O) groups excluding carboxylic acids is 1. The van der Waals surface area contributed by atoms with E-state index in [-0.39, 0.29) is 5.91 Å². The summed E-state index contributed by atoms with van der Waals surface area (Å²) in [6.45, 7) is 6.95. The van der Waals surface area contributed by atoms with Gasteiger partial charge in [-0.15, -0.1) is 0 Å². The van der Waals surface area contributed by atoms with Gasteiger partial charge >= 0.3 is 0 Å². The standard InChI is InChI=1S/C23H31N5O/c1-3-28(4-2)20-12-10-19(11-13-20)26-22(29)21-15-17-25-23(27-21)24-16-14-18-8-6-5-7-9-18/h8,10-13,15,17H,3-7,9,14,16H2,1-2H3,(H,26,29)(H,24,25,27). The van der Waals surface area contributed by atoms with Crippen LogP contribution in [0.3, 0.4) is 0 Å². The lowest BCUT2D eigenvalue weighted by molar-refractivity contribution is 0.102. The first-order chi connectivity index (χ1) is 14.2. The molecule has 0 atom stereocenters. The Morgan fingerprint density at radius 3 is 2.59 bits per heavy atom. The second-order valence-corrected chi connectivity index (χ2v) is 7.22. The number of carbonyl (C=O) groups is 1. The predicted molar refractivity (Wildman–Crippen MR) is 120 cm³/mol. The van der Waals surface area contributed by atoms with E-state index in [2.05, 4.69) is 45.4 Å². The quantitative estimate of drug-likeness (QED) is 0.594. The zero-order chi connectivity index (χ0) is 20.5. The molecule has 2 aromatic rings. The maximum atomic E-state index is 12.6. The van der Waals surface area contributed by atoms with Crippen LogP contribution in [0.4, 0.5) is 17.3 Å². The maximum absolute atomic E-state index is 12.6. The number of benzene rings is 1. The molecule has 1 aliphatic rings. The largest absolute Gasteiger partial charge is 0.372 e. The monoisotopic (exact) mass is 393 g/mol. The third-order valence-corrected chi connectivity index (χ3v) is 5.26. The van der Waals surface area contributed by atoms with Crippen LogP contribution >= 0.6 is 0 Å². The van der Waals surface area contributed by atoms with Gasteiger partial charge in [0.2, 0.25) is 5.95 Å². The first kappa shape index (κ1) is 20.8. The minimum Gasteiger partial charge on any atom is -0.372 e. The number of amides is 1. The lowest BCUT2D eigenvalue weighted by Crippen LogP contribution is -2.21. The Balaban J connectivity index is 1.55. The minimum atomic E-state index is -0.235. The van der Waals surface area contributed by atoms with Crippen molar-refractivity contribution in [2.24, 2.45) is 0 Å². The highest BCUT2D eigenvalue weighted by Gasteiger charge is 2.10. The number of hydrogen-bond donors (Lipinski definition) is 2. The van der Waals surface area contributed by atoms with Crippen molar-refractivity contribution in [1.82, 2.24) is 9.97 Å². The van der Waals surface area contributed by atoms with E-state index in [4.69, 9.17) is 0 Å². The predicted octanol–water partition coefficient (Wildman–Crippen LogP) is 4.88. The molecular formula is C23H31N5O. The van der Waals surface area contributed by atoms with Gasteiger partial charge in [0.1, 0.15) is 5.69 Å². The Bertz CT molecular complexity index is 827. The molecule has 6 nitrogen and oxygen atoms in total. The molecule has 0 unspecified atom stereocenters. The summed E-state index contributed by atoms with van der Waals surface area (Å²) >= 11 is 0. The lowest BCUT2D eigenvalue weighted by atomic mass is 9.97. The summed E-state index contributed by atoms with van der Waals surface area (Å²) in [4.78, 5) is 23.4. The number of nitrogens with zero attached hydrogens (tertiary/aromatic N) is 3. The van der Waals surface area contributed by atoms with E-state index in [0.717, 1.165) is 37.4 Å². The molecule has 1 heterocycles. The van der Waals surface area contributed by atoms with Gasteiger partial charge in [0, 0.05) is 37.2 Å². The van der Waals surface area contributed by atoms with Gasteiger partial charge in [-0.1, -0.05) is 11.6 Å². The van der Waals surface area contributed by atoms with Gasteiger partial charge < -0.3 is 15.5 Å². The fourth-order valence-electron chi connectivity index (χ4n) is 3.58. The average molecular weight is 394 g/mol. The highest BCUT2D eigenvalue weighted by molar-refractivity contribution is 6.03. The minimum absolute atomic E-state index is 0.235. The molecule has 0 spiro atoms. The number of allylic oxidation sites excluding steroid dienone is 1. The van der Waals surface area contributed by atoms with Crippen molar-refractivity contribution in [3.05, 3.63) is 53.9 Å². The fraction of sp³-hybridized carbons (Fsp3) is 0.435. The second-order valence-electron chi connectivity index (χ2n) is 7.22. The van der Waals surface area contributed by atoms with E-state index in [0.29, 0.717) is 11.6 Å². The molecule has 3 rings (SSSR count). The summed E-state index contributed by atoms with van der Waals surface area (Å²) < 4.78 is 0. The Hall–Kier alpha value is -2.89. The Labute approximate surface area is 173 Å². The summed E-state index contributed by atoms with van der Waals surface area (Å²) in [7, 11) is 0. The van der Waals surface area contributed by atoms with Crippen LogP contribution < -0.4 is 15.5 Å². The van der Waals surface area contributed by atoms with Crippen molar-refractivity contribution in [1.29, 1.82) is 0 Å². The fourth-order valence-corrected chi connectivity index (χ4v) is 3.58. The second kappa shape index (κ2) is 10.6. The topological polar surface area (TPSA) is 70.2 Å². The highest BCUT2D eigenvalue weighted by atomic mass is 16.1. The van der Waals surface area contributed by atoms with Gasteiger partial charge in [0.05, 0.1) is 0 Å². The zero-order valence-corrected chi connectivity index (χ0v) is 17.4. The van der Waals surface area contributed by atoms with E-state index in [9.17, 15) is 4.79 Å². The zero-order valence-electron chi connectivity index (χ0n) is 17.4. The molecule has 2 N–H and O–H groups in total. The molecule has 1 amide bonds. The van der Waals surface area contributed by atoms with Crippen molar-refractivity contribution in [3.63, 3.8) is 0 Å². The van der Waals surface area contributed by atoms with Crippen LogP contribution in [0, 0.1) is 0 Å². The molecule has 0 radical (unpaired) electrons. The Kier molecular flexibility index (Phi) is 7.61. The molecule has 0 saturated heterocycles. The summed E-state index contributed by atoms with van der Waals surface area (Å²) in [5, 5.41) is 6.15. The SMILES string of the molecule is CCN(CC)c1ccc(NC(=O)c2ccnc(NCCC3=CCCCC3)n2)cc1. The molecule has 0 bridgehead atoms. The van der Waals surface area contributed by atoms with Gasteiger partial charge in [-0.05, 0) is 76.3 Å². The summed E-state index contributed by atoms with van der Waals surface area (Å²) in [5.74, 6) is 0.256. The lowest BCUT2D eigenvalue weighted by Gasteiger charge is -2.21. The smallest absolute Gasteiger partial charge is 0.274 e. The van der Waals surface area contributed by atoms with Crippen molar-refractivity contribution in [3.8, 4) is 0 Å². The Morgan fingerprint density at radius 2 is 1.90 bits per heavy atom. The number of aromatic nitrogens is 2. The number of rotatable bonds is 9. The van der Waals surface area contributed by atoms with Crippen LogP contribution in [-0.4, -0.2) is 35.5 Å². The molecule has 29 heavy (non-hydrogen) atoms. The molecule has 0 fully saturated rings. The van der Waals surface area contributed by atoms with Crippen LogP contribution in [0.25, 0.3) is 0 Å². The van der Waals surface area contributed by atoms with E-state index >= 15 is 0 Å². The van der Waals surface area contributed by atoms with Crippen LogP contribution in [0.5, 0.6) is 0 Å². The van der Waals surface area contributed by atoms with Crippen molar-refractivity contribution in [2.45, 2.75) is 46.0 Å². The van der Waals surface area contributed by atoms with Crippen molar-refractivity contribution in [2.75, 3.05) is 35.2 Å². The van der Waals surface area contributed by atoms with Crippen molar-refractivity contribution < 1.29 is 4.79 Å². The van der Waals surface area contributed by atoms with Crippen LogP contribution in [0.1, 0.15) is 56.4 Å². The average Bonchev–Trinajstić information content (AvgIpc) is 2.77. The molecular weight excluding hydrogens is 362 g/mol. The third-order valence-electron chi connectivity index (χ3n) is 5.26. The van der Waals surface area contributed by atoms with Crippen LogP contribution in [-0.2, 0) is 0 Å². The first-order valence-electron chi connectivity index (χ1n) is 10.6. The first-order valence-corrected chi connectivity index (χ1v) is 10.6. The maximum Gasteiger partial charge on any atom is 0.274 e. The van der Waals surface area contributed by atoms with Gasteiger partial charge in [-0.2, -0.15) is 0 Å². The van der Waals surface area contributed by atoms with Crippen molar-refractivity contribution >= 4 is 23.2 Å². The summed E-state index contributed by atoms with van der Waals surface area (Å²) in [5.41, 5.74) is 3.76. The Morgan fingerprint density at radius 1 is 1.10 bits per heavy atom. The van der Waals surface area contributed by atoms with E-state index < -0.39 is 0 Å². The molecule has 1 aliphatic carbocycles. The van der Waals surface area contributed by atoms with Gasteiger partial charge in [0.15, 0.2) is 0 Å². The number of hydrogen-bond acceptors (Lipinski definition) is 5. The van der Waals surface area contributed by atoms with Gasteiger partial charge in [0.25, 0.3) is 5.91 Å². The van der Waals surface area contributed by atoms with Crippen LogP contribution in [0.15, 0.2) is 48.2 Å². The normalized spacial score (nSPS) is 13.5. The molecule has 0 aliphatic heterocycles.